The molecule has 3 heterocycles. The molecule has 2 aromatic rings. The van der Waals surface area contributed by atoms with Crippen LogP contribution in [0.1, 0.15) is 40.9 Å². The van der Waals surface area contributed by atoms with Crippen molar-refractivity contribution in [2.24, 2.45) is 5.92 Å². The fourth-order valence-electron chi connectivity index (χ4n) is 3.92. The molecule has 27 heavy (non-hydrogen) atoms. The third-order valence-electron chi connectivity index (χ3n) is 5.47. The number of hydrogen-bond acceptors (Lipinski definition) is 4. The second kappa shape index (κ2) is 7.99. The van der Waals surface area contributed by atoms with Gasteiger partial charge in [0.15, 0.2) is 0 Å². The van der Waals surface area contributed by atoms with Gasteiger partial charge in [-0.3, -0.25) is 9.78 Å². The van der Waals surface area contributed by atoms with Crippen molar-refractivity contribution < 1.29 is 14.3 Å². The molecule has 1 aromatic carbocycles. The largest absolute Gasteiger partial charge is 0.497 e. The van der Waals surface area contributed by atoms with Crippen molar-refractivity contribution in [1.82, 2.24) is 9.88 Å². The van der Waals surface area contributed by atoms with Crippen molar-refractivity contribution in [1.29, 1.82) is 0 Å². The Morgan fingerprint density at radius 3 is 2.81 bits per heavy atom. The molecule has 5 nitrogen and oxygen atoms in total. The summed E-state index contributed by atoms with van der Waals surface area (Å²) in [5.41, 5.74) is 2.91. The first-order valence-corrected chi connectivity index (χ1v) is 9.77. The molecule has 4 rings (SSSR count). The Balaban J connectivity index is 1.38. The first-order chi connectivity index (χ1) is 13.2. The molecule has 0 N–H and O–H groups in total. The average Bonchev–Trinajstić information content (AvgIpc) is 2.74. The summed E-state index contributed by atoms with van der Waals surface area (Å²) in [7, 11) is 1.67. The number of piperidine rings is 1. The number of nitrogens with zero attached hydrogens (tertiary/aromatic N) is 2. The van der Waals surface area contributed by atoms with Gasteiger partial charge in [-0.2, -0.15) is 0 Å². The van der Waals surface area contributed by atoms with E-state index in [1.807, 2.05) is 29.2 Å². The number of ether oxygens (including phenoxy) is 2. The van der Waals surface area contributed by atoms with Gasteiger partial charge in [0, 0.05) is 37.0 Å². The van der Waals surface area contributed by atoms with E-state index in [4.69, 9.17) is 9.47 Å². The van der Waals surface area contributed by atoms with E-state index in [9.17, 15) is 4.79 Å². The van der Waals surface area contributed by atoms with Crippen LogP contribution in [0.4, 0.5) is 0 Å². The molecule has 1 amide bonds. The summed E-state index contributed by atoms with van der Waals surface area (Å²) in [4.78, 5) is 19.0. The van der Waals surface area contributed by atoms with Crippen LogP contribution in [-0.4, -0.2) is 42.6 Å². The van der Waals surface area contributed by atoms with E-state index in [0.717, 1.165) is 56.0 Å². The number of benzene rings is 1. The molecule has 0 saturated carbocycles. The predicted octanol–water partition coefficient (Wildman–Crippen LogP) is 3.51. The molecule has 2 aliphatic rings. The van der Waals surface area contributed by atoms with Gasteiger partial charge in [0.25, 0.3) is 5.91 Å². The van der Waals surface area contributed by atoms with Crippen molar-refractivity contribution in [3.8, 4) is 11.5 Å². The second-order valence-electron chi connectivity index (χ2n) is 7.45. The van der Waals surface area contributed by atoms with Crippen molar-refractivity contribution in [3.63, 3.8) is 0 Å². The summed E-state index contributed by atoms with van der Waals surface area (Å²) in [5.74, 6) is 2.24. The number of amides is 1. The van der Waals surface area contributed by atoms with Gasteiger partial charge in [0.2, 0.25) is 0 Å². The average molecular weight is 366 g/mol. The summed E-state index contributed by atoms with van der Waals surface area (Å²) in [5, 5.41) is 0. The SMILES string of the molecule is COc1ccc2c(c1)OC[C@@H](Cc1ccc(C(=O)N3CCCCC3)cn1)C2. The number of likely N-dealkylation sites (tertiary alicyclic amines) is 1. The molecule has 2 aliphatic heterocycles. The molecule has 1 saturated heterocycles. The molecular weight excluding hydrogens is 340 g/mol. The van der Waals surface area contributed by atoms with Gasteiger partial charge in [-0.05, 0) is 55.9 Å². The quantitative estimate of drug-likeness (QED) is 0.831. The molecule has 0 radical (unpaired) electrons. The maximum Gasteiger partial charge on any atom is 0.255 e. The van der Waals surface area contributed by atoms with E-state index < -0.39 is 0 Å². The maximum atomic E-state index is 12.5. The Bertz CT molecular complexity index is 798. The smallest absolute Gasteiger partial charge is 0.255 e. The Morgan fingerprint density at radius 1 is 1.22 bits per heavy atom. The van der Waals surface area contributed by atoms with Crippen LogP contribution >= 0.6 is 0 Å². The van der Waals surface area contributed by atoms with Crippen LogP contribution in [-0.2, 0) is 12.8 Å². The van der Waals surface area contributed by atoms with Gasteiger partial charge in [0.05, 0.1) is 19.3 Å². The molecule has 5 heteroatoms. The molecule has 0 bridgehead atoms. The van der Waals surface area contributed by atoms with Crippen LogP contribution in [0, 0.1) is 5.92 Å². The van der Waals surface area contributed by atoms with Gasteiger partial charge in [-0.15, -0.1) is 0 Å². The Morgan fingerprint density at radius 2 is 2.07 bits per heavy atom. The summed E-state index contributed by atoms with van der Waals surface area (Å²) >= 11 is 0. The number of carbonyl (C=O) groups is 1. The summed E-state index contributed by atoms with van der Waals surface area (Å²) in [6.45, 7) is 2.41. The number of hydrogen-bond donors (Lipinski definition) is 0. The Kier molecular flexibility index (Phi) is 5.28. The number of carbonyl (C=O) groups excluding carboxylic acids is 1. The van der Waals surface area contributed by atoms with Crippen LogP contribution in [0.15, 0.2) is 36.5 Å². The predicted molar refractivity (Wildman–Crippen MR) is 103 cm³/mol. The molecule has 1 fully saturated rings. The third-order valence-corrected chi connectivity index (χ3v) is 5.47. The highest BCUT2D eigenvalue weighted by Crippen LogP contribution is 2.32. The van der Waals surface area contributed by atoms with Crippen molar-refractivity contribution in [2.75, 3.05) is 26.8 Å². The summed E-state index contributed by atoms with van der Waals surface area (Å²) in [6, 6.07) is 9.91. The minimum atomic E-state index is 0.109. The topological polar surface area (TPSA) is 51.7 Å². The van der Waals surface area contributed by atoms with Gasteiger partial charge in [-0.1, -0.05) is 6.07 Å². The van der Waals surface area contributed by atoms with Gasteiger partial charge < -0.3 is 14.4 Å². The molecule has 0 spiro atoms. The lowest BCUT2D eigenvalue weighted by molar-refractivity contribution is 0.0724. The van der Waals surface area contributed by atoms with Crippen LogP contribution in [0.2, 0.25) is 0 Å². The van der Waals surface area contributed by atoms with Crippen molar-refractivity contribution in [2.45, 2.75) is 32.1 Å². The lowest BCUT2D eigenvalue weighted by Crippen LogP contribution is -2.35. The van der Waals surface area contributed by atoms with E-state index in [1.165, 1.54) is 12.0 Å². The van der Waals surface area contributed by atoms with E-state index in [-0.39, 0.29) is 5.91 Å². The third kappa shape index (κ3) is 4.07. The zero-order valence-electron chi connectivity index (χ0n) is 15.8. The zero-order chi connectivity index (χ0) is 18.6. The summed E-state index contributed by atoms with van der Waals surface area (Å²) < 4.78 is 11.2. The van der Waals surface area contributed by atoms with Gasteiger partial charge >= 0.3 is 0 Å². The van der Waals surface area contributed by atoms with E-state index in [2.05, 4.69) is 11.1 Å². The van der Waals surface area contributed by atoms with Gasteiger partial charge in [0.1, 0.15) is 11.5 Å². The normalized spacial score (nSPS) is 19.1. The first kappa shape index (κ1) is 17.8. The second-order valence-corrected chi connectivity index (χ2v) is 7.45. The van der Waals surface area contributed by atoms with Crippen LogP contribution in [0.25, 0.3) is 0 Å². The fraction of sp³-hybridized carbons (Fsp3) is 0.455. The molecule has 1 atom stereocenters. The molecule has 0 aliphatic carbocycles. The number of fused-ring (bicyclic) bond motifs is 1. The fourth-order valence-corrected chi connectivity index (χ4v) is 3.92. The highest BCUT2D eigenvalue weighted by molar-refractivity contribution is 5.93. The number of rotatable bonds is 4. The van der Waals surface area contributed by atoms with Crippen LogP contribution in [0.5, 0.6) is 11.5 Å². The Hall–Kier alpha value is -2.56. The molecular formula is C22H26N2O3. The molecule has 1 aromatic heterocycles. The lowest BCUT2D eigenvalue weighted by Gasteiger charge is -2.27. The highest BCUT2D eigenvalue weighted by Gasteiger charge is 2.22. The standard InChI is InChI=1S/C22H26N2O3/c1-26-20-8-6-17-11-16(15-27-21(17)13-20)12-19-7-5-18(14-23-19)22(25)24-9-3-2-4-10-24/h5-8,13-14,16H,2-4,9-12,15H2,1H3/t16-/m1/s1. The van der Waals surface area contributed by atoms with E-state index >= 15 is 0 Å². The van der Waals surface area contributed by atoms with Crippen molar-refractivity contribution >= 4 is 5.91 Å². The van der Waals surface area contributed by atoms with Gasteiger partial charge in [-0.25, -0.2) is 0 Å². The number of methoxy groups -OCH3 is 1. The van der Waals surface area contributed by atoms with Crippen LogP contribution in [0.3, 0.4) is 0 Å². The van der Waals surface area contributed by atoms with E-state index in [1.54, 1.807) is 13.3 Å². The van der Waals surface area contributed by atoms with Crippen molar-refractivity contribution in [3.05, 3.63) is 53.3 Å². The Labute approximate surface area is 160 Å². The van der Waals surface area contributed by atoms with E-state index in [0.29, 0.717) is 18.1 Å². The minimum Gasteiger partial charge on any atom is -0.497 e. The first-order valence-electron chi connectivity index (χ1n) is 9.77. The molecule has 142 valence electrons. The maximum absolute atomic E-state index is 12.5. The highest BCUT2D eigenvalue weighted by atomic mass is 16.5. The number of pyridine rings is 1. The molecule has 0 unspecified atom stereocenters. The summed E-state index contributed by atoms with van der Waals surface area (Å²) in [6.07, 6.45) is 6.98. The minimum absolute atomic E-state index is 0.109. The monoisotopic (exact) mass is 366 g/mol. The number of aromatic nitrogens is 1. The van der Waals surface area contributed by atoms with Crippen LogP contribution < -0.4 is 9.47 Å². The lowest BCUT2D eigenvalue weighted by atomic mass is 9.92. The zero-order valence-corrected chi connectivity index (χ0v) is 15.8.